The third-order valence-electron chi connectivity index (χ3n) is 21.7. The topological polar surface area (TPSA) is 0 Å². The zero-order chi connectivity index (χ0) is 86.2. The molecule has 15 atom stereocenters. The fraction of sp³-hybridized carbons (Fsp3) is 0.151. The Labute approximate surface area is 759 Å². The molecule has 15 aromatic rings. The highest BCUT2D eigenvalue weighted by Gasteiger charge is 2.15. The highest BCUT2D eigenvalue weighted by molar-refractivity contribution is 7.28. The van der Waals surface area contributed by atoms with Crippen molar-refractivity contribution in [3.8, 4) is 111 Å². The first-order valence-corrected chi connectivity index (χ1v) is 52.3. The van der Waals surface area contributed by atoms with Gasteiger partial charge in [-0.15, -0.1) is 139 Å². The molecule has 0 aliphatic heterocycles. The van der Waals surface area contributed by atoms with Crippen LogP contribution in [-0.2, 0) is 67.8 Å². The van der Waals surface area contributed by atoms with Gasteiger partial charge in [0.1, 0.15) is 0 Å². The average molecular weight is 1860 g/mol. The van der Waals surface area contributed by atoms with Crippen molar-refractivity contribution >= 4 is 160 Å². The summed E-state index contributed by atoms with van der Waals surface area (Å²) >= 11 is 0. The predicted molar refractivity (Wildman–Crippen MR) is 595 cm³/mol. The fourth-order valence-electron chi connectivity index (χ4n) is 14.9. The molecule has 15 rings (SSSR count). The van der Waals surface area contributed by atoms with Crippen molar-refractivity contribution in [2.75, 3.05) is 0 Å². The second kappa shape index (κ2) is 48.1. The molecule has 0 radical (unpaired) electrons. The number of hydrogen-bond donors (Lipinski definition) is 0. The Hall–Kier alpha value is -5.25. The van der Waals surface area contributed by atoms with Crippen LogP contribution in [0.1, 0.15) is 89.0 Å². The van der Waals surface area contributed by atoms with Gasteiger partial charge < -0.3 is 0 Å². The van der Waals surface area contributed by atoms with Crippen LogP contribution >= 0.6 is 139 Å². The summed E-state index contributed by atoms with van der Waals surface area (Å²) in [6, 6.07) is 112. The second-order valence-electron chi connectivity index (χ2n) is 30.8. The van der Waals surface area contributed by atoms with Crippen molar-refractivity contribution in [3.63, 3.8) is 0 Å². The van der Waals surface area contributed by atoms with Gasteiger partial charge in [0, 0.05) is 0 Å². The minimum atomic E-state index is 0.986. The lowest BCUT2D eigenvalue weighted by Crippen LogP contribution is -1.95. The van der Waals surface area contributed by atoms with Crippen LogP contribution in [0.2, 0.25) is 0 Å². The van der Waals surface area contributed by atoms with Gasteiger partial charge in [-0.1, -0.05) is 273 Å². The summed E-state index contributed by atoms with van der Waals surface area (Å²) in [5.74, 6) is 0. The van der Waals surface area contributed by atoms with Gasteiger partial charge in [-0.25, -0.2) is 0 Å². The molecule has 0 aliphatic rings. The highest BCUT2D eigenvalue weighted by Crippen LogP contribution is 2.38. The van der Waals surface area contributed by atoms with E-state index in [0.29, 0.717) is 0 Å². The molecule has 0 nitrogen and oxygen atoms in total. The van der Waals surface area contributed by atoms with E-state index in [0.717, 1.165) is 67.8 Å². The van der Waals surface area contributed by atoms with E-state index >= 15 is 0 Å². The molecule has 0 fully saturated rings. The summed E-state index contributed by atoms with van der Waals surface area (Å²) in [6.45, 7) is 10.9. The molecule has 0 aliphatic carbocycles. The summed E-state index contributed by atoms with van der Waals surface area (Å²) < 4.78 is 0. The number of hydrogen-bond acceptors (Lipinski definition) is 0. The third-order valence-corrected chi connectivity index (χ3v) is 28.7. The molecule has 121 heavy (non-hydrogen) atoms. The minimum absolute atomic E-state index is 0.986. The standard InChI is InChI=1S/C22H25P3.4C21H23P3/c1-15-2-5-20(19-6-3-16(12-23)4-7-19)11-22(15)21-9-17(13-24)8-18(10-21)14-25;1-14-6-18(17-2-4-21(24)5-3-17)11-19(7-14)20-9-15(12-22)8-16(10-20)13-23;1-14-2-3-18(11-21(14)17-4-6-20(24)7-5-17)19-9-15(12-22)8-16(10-19)13-23;1-14-7-20(24)5-6-21(14)18-4-2-3-17(11-18)19-9-15(12-22)8-16(10-19)13-23;1-14-7-19(5-6-21(14)24)17-3-2-4-18(11-17)20-9-15(12-22)8-16(10-20)13-23/h2-11H,12-14,23-25H2,1H3;4*2-11H,12-13,22-24H2,1H3. The van der Waals surface area contributed by atoms with Gasteiger partial charge in [0.25, 0.3) is 0 Å². The van der Waals surface area contributed by atoms with Crippen molar-refractivity contribution in [1.82, 2.24) is 0 Å². The van der Waals surface area contributed by atoms with E-state index in [9.17, 15) is 0 Å². The van der Waals surface area contributed by atoms with Gasteiger partial charge in [-0.2, -0.15) is 0 Å². The lowest BCUT2D eigenvalue weighted by molar-refractivity contribution is 1.32. The zero-order valence-corrected chi connectivity index (χ0v) is 87.6. The Kier molecular flexibility index (Phi) is 38.3. The molecule has 0 saturated carbocycles. The molecular formula is C106H117P15. The lowest BCUT2D eigenvalue weighted by Gasteiger charge is -2.13. The molecule has 15 aromatic carbocycles. The van der Waals surface area contributed by atoms with Crippen molar-refractivity contribution in [2.45, 2.75) is 102 Å². The molecule has 0 saturated heterocycles. The van der Waals surface area contributed by atoms with Gasteiger partial charge in [0.2, 0.25) is 0 Å². The van der Waals surface area contributed by atoms with Gasteiger partial charge in [0.05, 0.1) is 0 Å². The Morgan fingerprint density at radius 2 is 0.430 bits per heavy atom. The van der Waals surface area contributed by atoms with Crippen LogP contribution in [0.25, 0.3) is 111 Å². The molecular weight excluding hydrogens is 1740 g/mol. The first-order valence-electron chi connectivity index (χ1n) is 41.0. The number of aryl methyl sites for hydroxylation is 5. The van der Waals surface area contributed by atoms with E-state index in [4.69, 9.17) is 0 Å². The molecule has 0 aromatic heterocycles. The molecule has 616 valence electrons. The normalized spacial score (nSPS) is 10.8. The molecule has 15 heteroatoms. The number of benzene rings is 15. The molecule has 0 N–H and O–H groups in total. The maximum atomic E-state index is 2.84. The fourth-order valence-corrected chi connectivity index (χ4v) is 18.5. The van der Waals surface area contributed by atoms with E-state index in [2.05, 4.69) is 477 Å². The predicted octanol–water partition coefficient (Wildman–Crippen LogP) is 28.8. The first kappa shape index (κ1) is 96.4. The van der Waals surface area contributed by atoms with Crippen molar-refractivity contribution < 1.29 is 0 Å². The van der Waals surface area contributed by atoms with Crippen LogP contribution in [0.15, 0.2) is 303 Å². The first-order chi connectivity index (χ1) is 58.5. The van der Waals surface area contributed by atoms with E-state index in [1.165, 1.54) is 222 Å². The summed E-state index contributed by atoms with van der Waals surface area (Å²) in [7, 11) is 42.1. The van der Waals surface area contributed by atoms with Crippen LogP contribution in [0.5, 0.6) is 0 Å². The Morgan fingerprint density at radius 3 is 0.826 bits per heavy atom. The Balaban J connectivity index is 0.000000148. The van der Waals surface area contributed by atoms with Crippen molar-refractivity contribution in [1.29, 1.82) is 0 Å². The monoisotopic (exact) mass is 1850 g/mol. The summed E-state index contributed by atoms with van der Waals surface area (Å²) in [4.78, 5) is 0. The van der Waals surface area contributed by atoms with Crippen LogP contribution in [0.4, 0.5) is 0 Å². The van der Waals surface area contributed by atoms with Crippen LogP contribution in [-0.4, -0.2) is 0 Å². The summed E-state index contributed by atoms with van der Waals surface area (Å²) in [5, 5.41) is 4.91. The quantitative estimate of drug-likeness (QED) is 0.0629. The maximum Gasteiger partial charge on any atom is -0.0128 e. The van der Waals surface area contributed by atoms with E-state index in [-0.39, 0.29) is 0 Å². The minimum Gasteiger partial charge on any atom is -0.133 e. The van der Waals surface area contributed by atoms with E-state index in [1.54, 1.807) is 0 Å². The van der Waals surface area contributed by atoms with Crippen molar-refractivity contribution in [3.05, 3.63) is 392 Å². The van der Waals surface area contributed by atoms with Gasteiger partial charge in [0.15, 0.2) is 0 Å². The van der Waals surface area contributed by atoms with E-state index < -0.39 is 0 Å². The molecule has 0 bridgehead atoms. The van der Waals surface area contributed by atoms with Crippen LogP contribution in [0.3, 0.4) is 0 Å². The Morgan fingerprint density at radius 1 is 0.157 bits per heavy atom. The lowest BCUT2D eigenvalue weighted by atomic mass is 9.93. The summed E-state index contributed by atoms with van der Waals surface area (Å²) in [5.41, 5.74) is 47.3. The van der Waals surface area contributed by atoms with Gasteiger partial charge >= 0.3 is 0 Å². The summed E-state index contributed by atoms with van der Waals surface area (Å²) in [6.07, 6.45) is 10.9. The third kappa shape index (κ3) is 27.4. The zero-order valence-electron chi connectivity index (χ0n) is 70.3. The van der Waals surface area contributed by atoms with Gasteiger partial charge in [-0.3, -0.25) is 0 Å². The SMILES string of the molecule is Cc1cc(-c2ccc(P)cc2)cc(-c2cc(CP)cc(CP)c2)c1.Cc1cc(-c2cccc(-c3cc(CP)cc(CP)c3)c2)ccc1P.Cc1cc(P)ccc1-c1cccc(-c2cc(CP)cc(CP)c2)c1.Cc1ccc(-c2cc(CP)cc(CP)c2)cc1-c1ccc(P)cc1.Cc1ccc(-c2ccc(CP)cc2)cc1-c1cc(CP)cc(CP)c1. The molecule has 15 unspecified atom stereocenters. The Bertz CT molecular complexity index is 5900. The van der Waals surface area contributed by atoms with Crippen LogP contribution < -0.4 is 21.2 Å². The van der Waals surface area contributed by atoms with Crippen LogP contribution in [0, 0.1) is 34.6 Å². The molecule has 0 spiro atoms. The average Bonchev–Trinajstić information content (AvgIpc) is 0.817. The van der Waals surface area contributed by atoms with E-state index in [1.807, 2.05) is 0 Å². The smallest absolute Gasteiger partial charge is 0.0128 e. The second-order valence-corrected chi connectivity index (χ2v) is 37.9. The maximum absolute atomic E-state index is 2.84. The molecule has 0 amide bonds. The highest BCUT2D eigenvalue weighted by atomic mass is 31.0. The largest absolute Gasteiger partial charge is 0.133 e. The van der Waals surface area contributed by atoms with Crippen molar-refractivity contribution in [2.24, 2.45) is 0 Å². The molecule has 0 heterocycles. The number of rotatable bonds is 21. The van der Waals surface area contributed by atoms with Gasteiger partial charge in [-0.05, 0) is 354 Å².